The van der Waals surface area contributed by atoms with Crippen molar-refractivity contribution in [2.45, 2.75) is 76.1 Å². The zero-order valence-electron chi connectivity index (χ0n) is 37.9. The molecule has 0 heterocycles. The van der Waals surface area contributed by atoms with Crippen LogP contribution in [0.15, 0.2) is 72.8 Å². The van der Waals surface area contributed by atoms with Crippen LogP contribution in [0.1, 0.15) is 85.1 Å². The lowest BCUT2D eigenvalue weighted by Crippen LogP contribution is -2.14. The van der Waals surface area contributed by atoms with E-state index in [4.69, 9.17) is 42.6 Å². The van der Waals surface area contributed by atoms with Gasteiger partial charge in [-0.25, -0.2) is 0 Å². The fraction of sp³-hybridized carbons (Fsp3) is 0.529. The second kappa shape index (κ2) is 27.5. The van der Waals surface area contributed by atoms with Gasteiger partial charge >= 0.3 is 0 Å². The molecule has 0 amide bonds. The molecule has 0 saturated heterocycles. The number of hydrogen-bond acceptors (Lipinski definition) is 9. The average Bonchev–Trinajstić information content (AvgIpc) is 3.27. The number of rotatable bonds is 30. The van der Waals surface area contributed by atoms with Crippen molar-refractivity contribution < 1.29 is 42.6 Å². The molecule has 3 atom stereocenters. The van der Waals surface area contributed by atoms with E-state index >= 15 is 0 Å². The summed E-state index contributed by atoms with van der Waals surface area (Å²) in [4.78, 5) is 0. The molecule has 0 radical (unpaired) electrons. The van der Waals surface area contributed by atoms with E-state index in [1.165, 1.54) is 50.1 Å². The van der Waals surface area contributed by atoms with Crippen molar-refractivity contribution in [3.8, 4) is 0 Å². The average molecular weight is 829 g/mol. The summed E-state index contributed by atoms with van der Waals surface area (Å²) in [6.07, 6.45) is 6.47. The summed E-state index contributed by atoms with van der Waals surface area (Å²) < 4.78 is 51.9. The van der Waals surface area contributed by atoms with Crippen LogP contribution in [0.25, 0.3) is 0 Å². The maximum Gasteiger partial charge on any atom is 0.0861 e. The highest BCUT2D eigenvalue weighted by Crippen LogP contribution is 2.34. The topological polar surface area (TPSA) is 83.1 Å². The molecule has 4 aromatic carbocycles. The van der Waals surface area contributed by atoms with E-state index in [-0.39, 0.29) is 18.3 Å². The van der Waals surface area contributed by atoms with E-state index in [0.717, 1.165) is 55.2 Å². The van der Waals surface area contributed by atoms with Gasteiger partial charge in [0.1, 0.15) is 0 Å². The van der Waals surface area contributed by atoms with Gasteiger partial charge in [0, 0.05) is 83.3 Å². The van der Waals surface area contributed by atoms with E-state index in [2.05, 4.69) is 72.8 Å². The molecule has 0 aliphatic rings. The van der Waals surface area contributed by atoms with Gasteiger partial charge in [-0.2, -0.15) is 0 Å². The SMILES string of the molecule is COCCc1cc(CCOC)cc(C[C@H](OC)c2cc([C@H](Cc3cc(CCOC)cc(CCOC)c3)OC)cc([C@H](Cc3cc(CCOC)cc(CCOC)c3)OC)c2)c1. The summed E-state index contributed by atoms with van der Waals surface area (Å²) in [6.45, 7) is 3.97. The zero-order chi connectivity index (χ0) is 43.1. The molecular weight excluding hydrogens is 757 g/mol. The third-order valence-electron chi connectivity index (χ3n) is 11.1. The van der Waals surface area contributed by atoms with Crippen LogP contribution >= 0.6 is 0 Å². The Balaban J connectivity index is 1.81. The highest BCUT2D eigenvalue weighted by molar-refractivity contribution is 5.40. The summed E-state index contributed by atoms with van der Waals surface area (Å²) in [6, 6.07) is 27.4. The van der Waals surface area contributed by atoms with E-state index < -0.39 is 0 Å². The molecule has 0 N–H and O–H groups in total. The molecule has 0 fully saturated rings. The van der Waals surface area contributed by atoms with Gasteiger partial charge in [0.15, 0.2) is 0 Å². The molecular formula is C51H72O9. The maximum absolute atomic E-state index is 6.39. The Labute approximate surface area is 360 Å². The van der Waals surface area contributed by atoms with Crippen molar-refractivity contribution >= 4 is 0 Å². The van der Waals surface area contributed by atoms with Crippen molar-refractivity contribution in [1.82, 2.24) is 0 Å². The normalized spacial score (nSPS) is 13.2. The first-order chi connectivity index (χ1) is 29.3. The summed E-state index contributed by atoms with van der Waals surface area (Å²) in [5, 5.41) is 0. The Morgan fingerprint density at radius 3 is 0.617 bits per heavy atom. The lowest BCUT2D eigenvalue weighted by Gasteiger charge is -2.25. The monoisotopic (exact) mass is 829 g/mol. The number of benzene rings is 4. The van der Waals surface area contributed by atoms with E-state index in [1.807, 2.05) is 0 Å². The predicted molar refractivity (Wildman–Crippen MR) is 240 cm³/mol. The highest BCUT2D eigenvalue weighted by atomic mass is 16.5. The largest absolute Gasteiger partial charge is 0.384 e. The number of methoxy groups -OCH3 is 9. The van der Waals surface area contributed by atoms with Gasteiger partial charge in [0.2, 0.25) is 0 Å². The van der Waals surface area contributed by atoms with Crippen molar-refractivity contribution in [3.63, 3.8) is 0 Å². The van der Waals surface area contributed by atoms with Crippen LogP contribution in [-0.4, -0.2) is 104 Å². The first-order valence-electron chi connectivity index (χ1n) is 21.3. The van der Waals surface area contributed by atoms with Crippen LogP contribution in [0.5, 0.6) is 0 Å². The minimum absolute atomic E-state index is 0.220. The summed E-state index contributed by atoms with van der Waals surface area (Å²) in [7, 11) is 15.9. The van der Waals surface area contributed by atoms with Crippen molar-refractivity contribution in [3.05, 3.63) is 140 Å². The Morgan fingerprint density at radius 1 is 0.267 bits per heavy atom. The predicted octanol–water partition coefficient (Wildman–Crippen LogP) is 8.61. The highest BCUT2D eigenvalue weighted by Gasteiger charge is 2.23. The van der Waals surface area contributed by atoms with Gasteiger partial charge in [0.25, 0.3) is 0 Å². The molecule has 60 heavy (non-hydrogen) atoms. The van der Waals surface area contributed by atoms with Gasteiger partial charge in [-0.15, -0.1) is 0 Å². The van der Waals surface area contributed by atoms with E-state index in [1.54, 1.807) is 64.0 Å². The number of ether oxygens (including phenoxy) is 9. The molecule has 0 unspecified atom stereocenters. The fourth-order valence-corrected chi connectivity index (χ4v) is 7.97. The summed E-state index contributed by atoms with van der Waals surface area (Å²) in [5.74, 6) is 0. The third kappa shape index (κ3) is 16.1. The first kappa shape index (κ1) is 49.2. The molecule has 330 valence electrons. The number of hydrogen-bond donors (Lipinski definition) is 0. The Kier molecular flexibility index (Phi) is 22.5. The summed E-state index contributed by atoms with van der Waals surface area (Å²) >= 11 is 0. The van der Waals surface area contributed by atoms with Crippen LogP contribution in [0, 0.1) is 0 Å². The molecule has 0 aliphatic carbocycles. The van der Waals surface area contributed by atoms with Crippen molar-refractivity contribution in [2.75, 3.05) is 104 Å². The molecule has 9 heteroatoms. The second-order valence-corrected chi connectivity index (χ2v) is 15.6. The lowest BCUT2D eigenvalue weighted by atomic mass is 9.89. The second-order valence-electron chi connectivity index (χ2n) is 15.6. The van der Waals surface area contributed by atoms with Crippen molar-refractivity contribution in [2.24, 2.45) is 0 Å². The quantitative estimate of drug-likeness (QED) is 0.0514. The Hall–Kier alpha value is -3.48. The minimum atomic E-state index is -0.220. The van der Waals surface area contributed by atoms with Crippen LogP contribution < -0.4 is 0 Å². The molecule has 0 bridgehead atoms. The lowest BCUT2D eigenvalue weighted by molar-refractivity contribution is 0.0928. The molecule has 4 rings (SSSR count). The maximum atomic E-state index is 6.39. The van der Waals surface area contributed by atoms with Crippen LogP contribution in [0.2, 0.25) is 0 Å². The molecule has 0 saturated carbocycles. The van der Waals surface area contributed by atoms with Crippen molar-refractivity contribution in [1.29, 1.82) is 0 Å². The van der Waals surface area contributed by atoms with E-state index in [9.17, 15) is 0 Å². The zero-order valence-corrected chi connectivity index (χ0v) is 37.9. The fourth-order valence-electron chi connectivity index (χ4n) is 7.97. The standard InChI is InChI=1S/C51H72O9/c1-52-16-10-37-22-38(11-17-53-2)26-43(25-37)31-49(58-7)46-34-47(50(59-8)32-44-27-39(12-18-54-3)23-40(28-44)13-19-55-4)36-48(35-46)51(60-9)33-45-29-41(14-20-56-5)24-42(30-45)15-21-57-6/h22-30,34-36,49-51H,10-21,31-33H2,1-9H3/t49-,50-,51-/m0/s1. The van der Waals surface area contributed by atoms with Gasteiger partial charge in [-0.1, -0.05) is 72.8 Å². The van der Waals surface area contributed by atoms with Crippen LogP contribution in [0.4, 0.5) is 0 Å². The molecule has 9 nitrogen and oxygen atoms in total. The molecule has 4 aromatic rings. The first-order valence-corrected chi connectivity index (χ1v) is 21.3. The van der Waals surface area contributed by atoms with Gasteiger partial charge in [-0.3, -0.25) is 0 Å². The smallest absolute Gasteiger partial charge is 0.0861 e. The van der Waals surface area contributed by atoms with Crippen LogP contribution in [-0.2, 0) is 100 Å². The summed E-state index contributed by atoms with van der Waals surface area (Å²) in [5.41, 5.74) is 14.4. The molecule has 0 spiro atoms. The molecule has 0 aliphatic heterocycles. The van der Waals surface area contributed by atoms with Crippen LogP contribution in [0.3, 0.4) is 0 Å². The van der Waals surface area contributed by atoms with Gasteiger partial charge in [-0.05, 0) is 105 Å². The Bertz CT molecular complexity index is 1530. The van der Waals surface area contributed by atoms with Gasteiger partial charge < -0.3 is 42.6 Å². The Morgan fingerprint density at radius 2 is 0.450 bits per heavy atom. The van der Waals surface area contributed by atoms with E-state index in [0.29, 0.717) is 58.9 Å². The van der Waals surface area contributed by atoms with Gasteiger partial charge in [0.05, 0.1) is 58.0 Å². The minimum Gasteiger partial charge on any atom is -0.384 e. The molecule has 0 aromatic heterocycles. The third-order valence-corrected chi connectivity index (χ3v) is 11.1.